The number of rotatable bonds is 6. The smallest absolute Gasteiger partial charge is 0.338 e. The van der Waals surface area contributed by atoms with Crippen molar-refractivity contribution < 1.29 is 31.9 Å². The molecule has 0 saturated carbocycles. The summed E-state index contributed by atoms with van der Waals surface area (Å²) in [5, 5.41) is 0. The van der Waals surface area contributed by atoms with E-state index in [0.717, 1.165) is 6.07 Å². The van der Waals surface area contributed by atoms with Crippen LogP contribution in [-0.2, 0) is 19.5 Å². The lowest BCUT2D eigenvalue weighted by Gasteiger charge is -2.26. The number of esters is 1. The first kappa shape index (κ1) is 21.1. The molecule has 0 bridgehead atoms. The van der Waals surface area contributed by atoms with Crippen LogP contribution < -0.4 is 0 Å². The number of hydrogen-bond acceptors (Lipinski definition) is 6. The molecule has 1 aliphatic heterocycles. The van der Waals surface area contributed by atoms with E-state index in [4.69, 9.17) is 9.47 Å². The molecular weight excluding hydrogens is 401 g/mol. The fourth-order valence-electron chi connectivity index (χ4n) is 2.91. The number of carbonyl (C=O) groups excluding carboxylic acids is 2. The molecule has 1 aliphatic rings. The minimum absolute atomic E-state index is 0.00530. The number of ether oxygens (including phenoxy) is 2. The number of aryl methyl sites for hydroxylation is 1. The highest BCUT2D eigenvalue weighted by atomic mass is 32.2. The Morgan fingerprint density at radius 2 is 1.83 bits per heavy atom. The quantitative estimate of drug-likeness (QED) is 0.525. The summed E-state index contributed by atoms with van der Waals surface area (Å²) in [4.78, 5) is 24.4. The second kappa shape index (κ2) is 8.81. The molecule has 0 amide bonds. The summed E-state index contributed by atoms with van der Waals surface area (Å²) in [5.41, 5.74) is 0.291. The lowest BCUT2D eigenvalue weighted by Crippen LogP contribution is -2.40. The number of nitrogens with zero attached hydrogens (tertiary/aromatic N) is 1. The van der Waals surface area contributed by atoms with Gasteiger partial charge in [-0.2, -0.15) is 4.31 Å². The Kier molecular flexibility index (Phi) is 6.41. The van der Waals surface area contributed by atoms with Crippen molar-refractivity contribution in [2.45, 2.75) is 11.8 Å². The number of halogens is 1. The largest absolute Gasteiger partial charge is 0.454 e. The van der Waals surface area contributed by atoms with Crippen LogP contribution in [0.5, 0.6) is 0 Å². The molecule has 3 rings (SSSR count). The lowest BCUT2D eigenvalue weighted by molar-refractivity contribution is 0.0473. The topological polar surface area (TPSA) is 90.0 Å². The zero-order valence-corrected chi connectivity index (χ0v) is 16.6. The van der Waals surface area contributed by atoms with Crippen LogP contribution in [0.1, 0.15) is 26.3 Å². The van der Waals surface area contributed by atoms with Crippen LogP contribution in [0.4, 0.5) is 4.39 Å². The second-order valence-electron chi connectivity index (χ2n) is 6.48. The Morgan fingerprint density at radius 3 is 2.52 bits per heavy atom. The SMILES string of the molecule is Cc1ccc(C(=O)OCC(=O)c2ccccc2F)cc1S(=O)(=O)N1CCOCC1. The Bertz CT molecular complexity index is 1030. The van der Waals surface area contributed by atoms with Crippen LogP contribution in [0.2, 0.25) is 0 Å². The monoisotopic (exact) mass is 421 g/mol. The molecule has 154 valence electrons. The lowest BCUT2D eigenvalue weighted by atomic mass is 10.1. The van der Waals surface area contributed by atoms with Crippen molar-refractivity contribution in [1.29, 1.82) is 0 Å². The molecule has 1 heterocycles. The Hall–Kier alpha value is -2.62. The van der Waals surface area contributed by atoms with E-state index in [1.165, 1.54) is 40.7 Å². The van der Waals surface area contributed by atoms with Gasteiger partial charge in [0.2, 0.25) is 15.8 Å². The zero-order chi connectivity index (χ0) is 21.0. The normalized spacial score (nSPS) is 15.1. The van der Waals surface area contributed by atoms with Crippen LogP contribution >= 0.6 is 0 Å². The van der Waals surface area contributed by atoms with Gasteiger partial charge in [-0.1, -0.05) is 18.2 Å². The fraction of sp³-hybridized carbons (Fsp3) is 0.300. The van der Waals surface area contributed by atoms with Gasteiger partial charge in [-0.25, -0.2) is 17.6 Å². The summed E-state index contributed by atoms with van der Waals surface area (Å²) < 4.78 is 50.9. The second-order valence-corrected chi connectivity index (χ2v) is 8.38. The summed E-state index contributed by atoms with van der Waals surface area (Å²) in [6.45, 7) is 2.04. The van der Waals surface area contributed by atoms with Gasteiger partial charge in [0.25, 0.3) is 0 Å². The molecule has 0 atom stereocenters. The van der Waals surface area contributed by atoms with Gasteiger partial charge in [-0.3, -0.25) is 4.79 Å². The predicted molar refractivity (Wildman–Crippen MR) is 102 cm³/mol. The molecule has 0 aromatic heterocycles. The third-order valence-electron chi connectivity index (χ3n) is 4.52. The van der Waals surface area contributed by atoms with Crippen LogP contribution in [0.25, 0.3) is 0 Å². The third kappa shape index (κ3) is 4.69. The maximum absolute atomic E-state index is 13.7. The Labute approximate surface area is 168 Å². The first-order chi connectivity index (χ1) is 13.8. The molecule has 9 heteroatoms. The summed E-state index contributed by atoms with van der Waals surface area (Å²) in [5.74, 6) is -2.26. The van der Waals surface area contributed by atoms with Crippen molar-refractivity contribution in [1.82, 2.24) is 4.31 Å². The van der Waals surface area contributed by atoms with Crippen molar-refractivity contribution in [2.75, 3.05) is 32.9 Å². The number of ketones is 1. The number of carbonyl (C=O) groups is 2. The average molecular weight is 421 g/mol. The molecule has 0 N–H and O–H groups in total. The standard InChI is InChI=1S/C20H20FNO6S/c1-14-6-7-15(12-19(14)29(25,26)22-8-10-27-11-9-22)20(24)28-13-18(23)16-4-2-3-5-17(16)21/h2-7,12H,8-11,13H2,1H3. The van der Waals surface area contributed by atoms with Crippen LogP contribution in [0.15, 0.2) is 47.4 Å². The van der Waals surface area contributed by atoms with Gasteiger partial charge < -0.3 is 9.47 Å². The molecule has 0 radical (unpaired) electrons. The van der Waals surface area contributed by atoms with Crippen molar-refractivity contribution in [3.8, 4) is 0 Å². The van der Waals surface area contributed by atoms with Crippen LogP contribution in [-0.4, -0.2) is 57.4 Å². The van der Waals surface area contributed by atoms with Gasteiger partial charge in [0.1, 0.15) is 5.82 Å². The fourth-order valence-corrected chi connectivity index (χ4v) is 4.57. The van der Waals surface area contributed by atoms with Gasteiger partial charge in [0.05, 0.1) is 29.2 Å². The highest BCUT2D eigenvalue weighted by Gasteiger charge is 2.28. The predicted octanol–water partition coefficient (Wildman–Crippen LogP) is 2.19. The highest BCUT2D eigenvalue weighted by molar-refractivity contribution is 7.89. The van der Waals surface area contributed by atoms with E-state index in [0.29, 0.717) is 18.8 Å². The highest BCUT2D eigenvalue weighted by Crippen LogP contribution is 2.23. The van der Waals surface area contributed by atoms with Gasteiger partial charge >= 0.3 is 5.97 Å². The van der Waals surface area contributed by atoms with Crippen LogP contribution in [0, 0.1) is 12.7 Å². The molecule has 1 saturated heterocycles. The van der Waals surface area contributed by atoms with Gasteiger partial charge in [0, 0.05) is 13.1 Å². The van der Waals surface area contributed by atoms with Crippen molar-refractivity contribution in [3.63, 3.8) is 0 Å². The summed E-state index contributed by atoms with van der Waals surface area (Å²) >= 11 is 0. The molecule has 2 aromatic rings. The zero-order valence-electron chi connectivity index (χ0n) is 15.8. The first-order valence-corrected chi connectivity index (χ1v) is 10.4. The summed E-state index contributed by atoms with van der Waals surface area (Å²) in [7, 11) is -3.80. The summed E-state index contributed by atoms with van der Waals surface area (Å²) in [6, 6.07) is 9.53. The summed E-state index contributed by atoms with van der Waals surface area (Å²) in [6.07, 6.45) is 0. The van der Waals surface area contributed by atoms with Crippen molar-refractivity contribution in [3.05, 3.63) is 65.0 Å². The molecule has 0 unspecified atom stereocenters. The van der Waals surface area contributed by atoms with Gasteiger partial charge in [-0.05, 0) is 36.8 Å². The third-order valence-corrected chi connectivity index (χ3v) is 6.56. The van der Waals surface area contributed by atoms with Crippen LogP contribution in [0.3, 0.4) is 0 Å². The molecule has 0 aliphatic carbocycles. The van der Waals surface area contributed by atoms with E-state index < -0.39 is 34.2 Å². The van der Waals surface area contributed by atoms with Gasteiger partial charge in [-0.15, -0.1) is 0 Å². The molecule has 2 aromatic carbocycles. The molecule has 7 nitrogen and oxygen atoms in total. The van der Waals surface area contributed by atoms with Gasteiger partial charge in [0.15, 0.2) is 6.61 Å². The molecule has 29 heavy (non-hydrogen) atoms. The molecule has 1 fully saturated rings. The number of sulfonamides is 1. The number of Topliss-reactive ketones (excluding diaryl/α,β-unsaturated/α-hetero) is 1. The number of morpholine rings is 1. The van der Waals surface area contributed by atoms with E-state index in [1.54, 1.807) is 6.92 Å². The van der Waals surface area contributed by atoms with E-state index in [9.17, 15) is 22.4 Å². The van der Waals surface area contributed by atoms with E-state index >= 15 is 0 Å². The minimum Gasteiger partial charge on any atom is -0.454 e. The maximum Gasteiger partial charge on any atom is 0.338 e. The Morgan fingerprint density at radius 1 is 1.14 bits per heavy atom. The van der Waals surface area contributed by atoms with Crippen molar-refractivity contribution >= 4 is 21.8 Å². The maximum atomic E-state index is 13.7. The minimum atomic E-state index is -3.80. The van der Waals surface area contributed by atoms with E-state index in [2.05, 4.69) is 0 Å². The number of hydrogen-bond donors (Lipinski definition) is 0. The molecular formula is C20H20FNO6S. The average Bonchev–Trinajstić information content (AvgIpc) is 2.73. The Balaban J connectivity index is 1.76. The van der Waals surface area contributed by atoms with E-state index in [1.807, 2.05) is 0 Å². The first-order valence-electron chi connectivity index (χ1n) is 8.94. The van der Waals surface area contributed by atoms with E-state index in [-0.39, 0.29) is 29.1 Å². The number of benzene rings is 2. The molecule has 0 spiro atoms. The van der Waals surface area contributed by atoms with Crippen molar-refractivity contribution in [2.24, 2.45) is 0 Å².